The minimum Gasteiger partial charge on any atom is -0.312 e. The quantitative estimate of drug-likeness (QED) is 0.157. The van der Waals surface area contributed by atoms with E-state index in [0.29, 0.717) is 19.7 Å². The van der Waals surface area contributed by atoms with Crippen LogP contribution >= 0.6 is 7.75 Å². The Balaban J connectivity index is 4.22. The smallest absolute Gasteiger partial charge is 0.312 e. The van der Waals surface area contributed by atoms with Crippen molar-refractivity contribution in [3.8, 4) is 0 Å². The molecule has 4 nitrogen and oxygen atoms in total. The average molecular weight is 406 g/mol. The molecule has 164 valence electrons. The molecule has 0 fully saturated rings. The molecule has 0 amide bonds. The highest BCUT2D eigenvalue weighted by Crippen LogP contribution is 2.46. The van der Waals surface area contributed by atoms with Crippen LogP contribution in [0.5, 0.6) is 0 Å². The van der Waals surface area contributed by atoms with Crippen LogP contribution in [0.4, 0.5) is 0 Å². The molecule has 0 heterocycles. The molecule has 1 N–H and O–H groups in total. The fourth-order valence-electron chi connectivity index (χ4n) is 3.31. The minimum atomic E-state index is -3.64. The van der Waals surface area contributed by atoms with Gasteiger partial charge in [-0.3, -0.25) is 4.52 Å². The highest BCUT2D eigenvalue weighted by Gasteiger charge is 2.28. The van der Waals surface area contributed by atoms with Crippen LogP contribution in [0.1, 0.15) is 124 Å². The summed E-state index contributed by atoms with van der Waals surface area (Å²) in [4.78, 5) is 10.5. The first kappa shape index (κ1) is 27.1. The monoisotopic (exact) mass is 405 g/mol. The summed E-state index contributed by atoms with van der Waals surface area (Å²) in [6.07, 6.45) is 18.6. The summed E-state index contributed by atoms with van der Waals surface area (Å²) in [6.45, 7) is 8.40. The Morgan fingerprint density at radius 2 is 1.00 bits per heavy atom. The first-order valence-corrected chi connectivity index (χ1v) is 13.3. The summed E-state index contributed by atoms with van der Waals surface area (Å²) in [6, 6.07) is 0. The molecule has 0 radical (unpaired) electrons. The first-order valence-electron chi connectivity index (χ1n) is 11.8. The molecule has 0 aliphatic rings. The van der Waals surface area contributed by atoms with Crippen molar-refractivity contribution < 1.29 is 14.0 Å². The van der Waals surface area contributed by atoms with Crippen LogP contribution in [0.2, 0.25) is 0 Å². The van der Waals surface area contributed by atoms with Crippen molar-refractivity contribution in [2.45, 2.75) is 124 Å². The van der Waals surface area contributed by atoms with Gasteiger partial charge in [0.2, 0.25) is 0 Å². The fourth-order valence-corrected chi connectivity index (χ4v) is 4.63. The third kappa shape index (κ3) is 16.7. The third-order valence-corrected chi connectivity index (χ3v) is 6.79. The topological polar surface area (TPSA) is 49.8 Å². The van der Waals surface area contributed by atoms with Crippen LogP contribution in [0.15, 0.2) is 0 Å². The van der Waals surface area contributed by atoms with Crippen molar-refractivity contribution in [3.05, 3.63) is 0 Å². The second-order valence-corrected chi connectivity index (χ2v) is 9.68. The SMILES string of the molecule is CCCCCCCCOP(=O)(O)N(CCCCCCC)CCCCCCC. The van der Waals surface area contributed by atoms with Gasteiger partial charge in [-0.2, -0.15) is 0 Å². The predicted octanol–water partition coefficient (Wildman–Crippen LogP) is 7.71. The number of hydrogen-bond acceptors (Lipinski definition) is 2. The van der Waals surface area contributed by atoms with E-state index >= 15 is 0 Å². The van der Waals surface area contributed by atoms with Gasteiger partial charge in [-0.1, -0.05) is 104 Å². The van der Waals surface area contributed by atoms with E-state index in [-0.39, 0.29) is 0 Å². The second kappa shape index (κ2) is 19.4. The molecule has 27 heavy (non-hydrogen) atoms. The molecule has 5 heteroatoms. The lowest BCUT2D eigenvalue weighted by Gasteiger charge is -2.26. The molecule has 0 aromatic carbocycles. The van der Waals surface area contributed by atoms with Gasteiger partial charge in [-0.15, -0.1) is 0 Å². The largest absolute Gasteiger partial charge is 0.405 e. The molecular weight excluding hydrogens is 357 g/mol. The summed E-state index contributed by atoms with van der Waals surface area (Å²) >= 11 is 0. The molecular formula is C22H48NO3P. The normalized spacial score (nSPS) is 14.0. The molecule has 0 rings (SSSR count). The van der Waals surface area contributed by atoms with Gasteiger partial charge in [0.15, 0.2) is 0 Å². The molecule has 0 saturated heterocycles. The second-order valence-electron chi connectivity index (χ2n) is 7.87. The van der Waals surface area contributed by atoms with E-state index in [1.54, 1.807) is 4.67 Å². The van der Waals surface area contributed by atoms with Crippen molar-refractivity contribution in [1.29, 1.82) is 0 Å². The standard InChI is InChI=1S/C22H48NO3P/c1-4-7-10-13-16-19-22-26-27(24,25)23(20-17-14-11-8-5-2)21-18-15-12-9-6-3/h4-22H2,1-3H3,(H,24,25). The van der Waals surface area contributed by atoms with Crippen molar-refractivity contribution in [2.75, 3.05) is 19.7 Å². The maximum atomic E-state index is 12.7. The van der Waals surface area contributed by atoms with E-state index in [9.17, 15) is 9.46 Å². The van der Waals surface area contributed by atoms with Crippen LogP contribution in [-0.4, -0.2) is 29.3 Å². The zero-order valence-corrected chi connectivity index (χ0v) is 19.5. The molecule has 1 atom stereocenters. The van der Waals surface area contributed by atoms with E-state index in [0.717, 1.165) is 38.5 Å². The van der Waals surface area contributed by atoms with Gasteiger partial charge in [0.25, 0.3) is 0 Å². The molecule has 0 aliphatic carbocycles. The highest BCUT2D eigenvalue weighted by atomic mass is 31.2. The average Bonchev–Trinajstić information content (AvgIpc) is 2.65. The summed E-state index contributed by atoms with van der Waals surface area (Å²) in [5.41, 5.74) is 0. The lowest BCUT2D eigenvalue weighted by Crippen LogP contribution is -2.24. The maximum Gasteiger partial charge on any atom is 0.405 e. The van der Waals surface area contributed by atoms with E-state index in [4.69, 9.17) is 4.52 Å². The highest BCUT2D eigenvalue weighted by molar-refractivity contribution is 7.50. The van der Waals surface area contributed by atoms with Gasteiger partial charge < -0.3 is 4.89 Å². The van der Waals surface area contributed by atoms with Crippen LogP contribution < -0.4 is 0 Å². The molecule has 0 aliphatic heterocycles. The molecule has 1 unspecified atom stereocenters. The molecule has 0 aromatic rings. The van der Waals surface area contributed by atoms with E-state index in [1.807, 2.05) is 0 Å². The maximum absolute atomic E-state index is 12.7. The van der Waals surface area contributed by atoms with Gasteiger partial charge >= 0.3 is 7.75 Å². The Morgan fingerprint density at radius 1 is 0.630 bits per heavy atom. The van der Waals surface area contributed by atoms with Crippen LogP contribution in [0, 0.1) is 0 Å². The third-order valence-electron chi connectivity index (χ3n) is 5.15. The minimum absolute atomic E-state index is 0.405. The van der Waals surface area contributed by atoms with Crippen LogP contribution in [0.25, 0.3) is 0 Å². The molecule has 0 saturated carbocycles. The van der Waals surface area contributed by atoms with Gasteiger partial charge in [0.05, 0.1) is 6.61 Å². The number of hydrogen-bond donors (Lipinski definition) is 1. The van der Waals surface area contributed by atoms with Gasteiger partial charge in [0.1, 0.15) is 0 Å². The summed E-state index contributed by atoms with van der Waals surface area (Å²) < 4.78 is 20.0. The predicted molar refractivity (Wildman–Crippen MR) is 118 cm³/mol. The van der Waals surface area contributed by atoms with Crippen molar-refractivity contribution in [3.63, 3.8) is 0 Å². The fraction of sp³-hybridized carbons (Fsp3) is 1.00. The Kier molecular flexibility index (Phi) is 19.5. The zero-order valence-electron chi connectivity index (χ0n) is 18.6. The van der Waals surface area contributed by atoms with Gasteiger partial charge in [0, 0.05) is 13.1 Å². The van der Waals surface area contributed by atoms with E-state index in [1.165, 1.54) is 64.2 Å². The Hall–Kier alpha value is 0.110. The van der Waals surface area contributed by atoms with Gasteiger partial charge in [-0.05, 0) is 19.3 Å². The van der Waals surface area contributed by atoms with Gasteiger partial charge in [-0.25, -0.2) is 9.24 Å². The number of unbranched alkanes of at least 4 members (excludes halogenated alkanes) is 13. The lowest BCUT2D eigenvalue weighted by molar-refractivity contribution is 0.194. The Bertz CT molecular complexity index is 338. The van der Waals surface area contributed by atoms with Crippen LogP contribution in [0.3, 0.4) is 0 Å². The summed E-state index contributed by atoms with van der Waals surface area (Å²) in [7, 11) is -3.64. The molecule has 0 spiro atoms. The first-order chi connectivity index (χ1) is 13.1. The Morgan fingerprint density at radius 3 is 1.44 bits per heavy atom. The van der Waals surface area contributed by atoms with E-state index in [2.05, 4.69) is 20.8 Å². The Labute approximate surface area is 170 Å². The number of rotatable bonds is 21. The van der Waals surface area contributed by atoms with Crippen molar-refractivity contribution >= 4 is 7.75 Å². The van der Waals surface area contributed by atoms with E-state index < -0.39 is 7.75 Å². The van der Waals surface area contributed by atoms with Crippen LogP contribution in [-0.2, 0) is 9.09 Å². The zero-order chi connectivity index (χ0) is 20.2. The van der Waals surface area contributed by atoms with Crippen molar-refractivity contribution in [1.82, 2.24) is 4.67 Å². The lowest BCUT2D eigenvalue weighted by atomic mass is 10.1. The summed E-state index contributed by atoms with van der Waals surface area (Å²) in [5, 5.41) is 0. The van der Waals surface area contributed by atoms with Crippen molar-refractivity contribution in [2.24, 2.45) is 0 Å². The molecule has 0 bridgehead atoms. The molecule has 0 aromatic heterocycles. The summed E-state index contributed by atoms with van der Waals surface area (Å²) in [5.74, 6) is 0. The number of nitrogens with zero attached hydrogens (tertiary/aromatic N) is 1.